The summed E-state index contributed by atoms with van der Waals surface area (Å²) in [5.41, 5.74) is 2.46. The van der Waals surface area contributed by atoms with Gasteiger partial charge in [-0.3, -0.25) is 4.68 Å². The summed E-state index contributed by atoms with van der Waals surface area (Å²) in [6.07, 6.45) is 3.92. The number of hydrogen-bond acceptors (Lipinski definition) is 2. The van der Waals surface area contributed by atoms with E-state index in [9.17, 15) is 0 Å². The predicted molar refractivity (Wildman–Crippen MR) is 71.2 cm³/mol. The second kappa shape index (κ2) is 5.53. The average molecular weight is 229 g/mol. The highest BCUT2D eigenvalue weighted by Crippen LogP contribution is 2.15. The molecule has 0 fully saturated rings. The van der Waals surface area contributed by atoms with Crippen molar-refractivity contribution in [2.24, 2.45) is 0 Å². The van der Waals surface area contributed by atoms with Gasteiger partial charge in [0.2, 0.25) is 0 Å². The van der Waals surface area contributed by atoms with Gasteiger partial charge >= 0.3 is 0 Å². The lowest BCUT2D eigenvalue weighted by Crippen LogP contribution is -2.09. The Morgan fingerprint density at radius 3 is 2.71 bits per heavy atom. The van der Waals surface area contributed by atoms with Crippen molar-refractivity contribution in [3.8, 4) is 0 Å². The molecule has 3 nitrogen and oxygen atoms in total. The highest BCUT2D eigenvalue weighted by atomic mass is 15.3. The van der Waals surface area contributed by atoms with E-state index < -0.39 is 0 Å². The van der Waals surface area contributed by atoms with Crippen molar-refractivity contribution in [3.05, 3.63) is 48.3 Å². The van der Waals surface area contributed by atoms with Crippen molar-refractivity contribution in [3.63, 3.8) is 0 Å². The highest BCUT2D eigenvalue weighted by Gasteiger charge is 2.05. The van der Waals surface area contributed by atoms with Crippen molar-refractivity contribution in [2.75, 3.05) is 11.9 Å². The first kappa shape index (κ1) is 11.7. The van der Waals surface area contributed by atoms with Crippen LogP contribution in [0.2, 0.25) is 0 Å². The minimum atomic E-state index is 0.501. The number of nitrogens with one attached hydrogen (secondary N) is 1. The smallest absolute Gasteiger partial charge is 0.0726 e. The number of aryl methyl sites for hydroxylation is 1. The van der Waals surface area contributed by atoms with Crippen molar-refractivity contribution in [1.29, 1.82) is 0 Å². The van der Waals surface area contributed by atoms with Crippen LogP contribution < -0.4 is 5.32 Å². The van der Waals surface area contributed by atoms with E-state index in [0.717, 1.165) is 18.8 Å². The summed E-state index contributed by atoms with van der Waals surface area (Å²) in [6, 6.07) is 10.6. The van der Waals surface area contributed by atoms with Gasteiger partial charge in [-0.25, -0.2) is 0 Å². The molecule has 0 aliphatic carbocycles. The molecule has 0 aliphatic heterocycles. The van der Waals surface area contributed by atoms with Gasteiger partial charge in [-0.2, -0.15) is 5.10 Å². The first-order chi connectivity index (χ1) is 8.29. The van der Waals surface area contributed by atoms with E-state index in [0.29, 0.717) is 5.92 Å². The van der Waals surface area contributed by atoms with E-state index in [1.165, 1.54) is 5.56 Å². The van der Waals surface area contributed by atoms with Crippen LogP contribution in [0.4, 0.5) is 5.69 Å². The van der Waals surface area contributed by atoms with Crippen LogP contribution in [0.15, 0.2) is 42.7 Å². The van der Waals surface area contributed by atoms with Gasteiger partial charge in [0, 0.05) is 19.3 Å². The van der Waals surface area contributed by atoms with Gasteiger partial charge in [0.05, 0.1) is 11.9 Å². The number of hydrogen-bond donors (Lipinski definition) is 1. The minimum Gasteiger partial charge on any atom is -0.382 e. The third kappa shape index (κ3) is 3.09. The summed E-state index contributed by atoms with van der Waals surface area (Å²) in [7, 11) is 0. The molecule has 0 saturated carbocycles. The Labute approximate surface area is 102 Å². The molecule has 1 heterocycles. The van der Waals surface area contributed by atoms with Crippen LogP contribution in [0, 0.1) is 0 Å². The Morgan fingerprint density at radius 1 is 1.29 bits per heavy atom. The van der Waals surface area contributed by atoms with E-state index in [1.54, 1.807) is 0 Å². The first-order valence-electron chi connectivity index (χ1n) is 6.11. The third-order valence-electron chi connectivity index (χ3n) is 2.94. The Hall–Kier alpha value is -1.77. The second-order valence-electron chi connectivity index (χ2n) is 4.28. The standard InChI is InChI=1S/C14H19N3/c1-3-17-11-14(10-16-17)15-9-12(2)13-7-5-4-6-8-13/h4-8,10-12,15H,3,9H2,1-2H3. The first-order valence-corrected chi connectivity index (χ1v) is 6.11. The van der Waals surface area contributed by atoms with Crippen LogP contribution in [-0.2, 0) is 6.54 Å². The summed E-state index contributed by atoms with van der Waals surface area (Å²) in [5, 5.41) is 7.65. The number of rotatable bonds is 5. The molecule has 0 bridgehead atoms. The molecule has 0 saturated heterocycles. The number of aromatic nitrogens is 2. The Kier molecular flexibility index (Phi) is 3.81. The topological polar surface area (TPSA) is 29.9 Å². The van der Waals surface area contributed by atoms with Gasteiger partial charge < -0.3 is 5.32 Å². The summed E-state index contributed by atoms with van der Waals surface area (Å²) < 4.78 is 1.93. The van der Waals surface area contributed by atoms with E-state index >= 15 is 0 Å². The molecule has 90 valence electrons. The van der Waals surface area contributed by atoms with E-state index in [4.69, 9.17) is 0 Å². The summed E-state index contributed by atoms with van der Waals surface area (Å²) in [5.74, 6) is 0.501. The van der Waals surface area contributed by atoms with E-state index in [-0.39, 0.29) is 0 Å². The zero-order valence-corrected chi connectivity index (χ0v) is 10.4. The molecular formula is C14H19N3. The van der Waals surface area contributed by atoms with Gasteiger partial charge in [0.25, 0.3) is 0 Å². The normalized spacial score (nSPS) is 12.4. The van der Waals surface area contributed by atoms with Crippen LogP contribution >= 0.6 is 0 Å². The Bertz CT molecular complexity index is 448. The van der Waals surface area contributed by atoms with Crippen LogP contribution in [0.5, 0.6) is 0 Å². The van der Waals surface area contributed by atoms with Crippen molar-refractivity contribution in [1.82, 2.24) is 9.78 Å². The van der Waals surface area contributed by atoms with Crippen LogP contribution in [0.1, 0.15) is 25.3 Å². The molecular weight excluding hydrogens is 210 g/mol. The Balaban J connectivity index is 1.90. The fourth-order valence-corrected chi connectivity index (χ4v) is 1.80. The molecule has 0 amide bonds. The summed E-state index contributed by atoms with van der Waals surface area (Å²) >= 11 is 0. The lowest BCUT2D eigenvalue weighted by atomic mass is 10.0. The maximum Gasteiger partial charge on any atom is 0.0726 e. The molecule has 1 unspecified atom stereocenters. The zero-order chi connectivity index (χ0) is 12.1. The van der Waals surface area contributed by atoms with E-state index in [1.807, 2.05) is 17.1 Å². The maximum atomic E-state index is 4.24. The fourth-order valence-electron chi connectivity index (χ4n) is 1.80. The summed E-state index contributed by atoms with van der Waals surface area (Å²) in [4.78, 5) is 0. The van der Waals surface area contributed by atoms with Gasteiger partial charge in [0.15, 0.2) is 0 Å². The molecule has 1 aromatic heterocycles. The molecule has 3 heteroatoms. The number of nitrogens with zero attached hydrogens (tertiary/aromatic N) is 2. The quantitative estimate of drug-likeness (QED) is 0.853. The molecule has 0 radical (unpaired) electrons. The lowest BCUT2D eigenvalue weighted by molar-refractivity contribution is 0.660. The van der Waals surface area contributed by atoms with Gasteiger partial charge in [-0.15, -0.1) is 0 Å². The molecule has 17 heavy (non-hydrogen) atoms. The van der Waals surface area contributed by atoms with Crippen molar-refractivity contribution in [2.45, 2.75) is 26.3 Å². The molecule has 1 aromatic carbocycles. The minimum absolute atomic E-state index is 0.501. The second-order valence-corrected chi connectivity index (χ2v) is 4.28. The SMILES string of the molecule is CCn1cc(NCC(C)c2ccccc2)cn1. The van der Waals surface area contributed by atoms with Crippen molar-refractivity contribution < 1.29 is 0 Å². The van der Waals surface area contributed by atoms with Gasteiger partial charge in [-0.1, -0.05) is 37.3 Å². The van der Waals surface area contributed by atoms with Crippen LogP contribution in [-0.4, -0.2) is 16.3 Å². The molecule has 1 N–H and O–H groups in total. The Morgan fingerprint density at radius 2 is 2.06 bits per heavy atom. The predicted octanol–water partition coefficient (Wildman–Crippen LogP) is 3.12. The third-order valence-corrected chi connectivity index (χ3v) is 2.94. The summed E-state index contributed by atoms with van der Waals surface area (Å²) in [6.45, 7) is 6.16. The highest BCUT2D eigenvalue weighted by molar-refractivity contribution is 5.38. The van der Waals surface area contributed by atoms with Crippen LogP contribution in [0.3, 0.4) is 0 Å². The average Bonchev–Trinajstić information content (AvgIpc) is 2.85. The fraction of sp³-hybridized carbons (Fsp3) is 0.357. The van der Waals surface area contributed by atoms with E-state index in [2.05, 4.69) is 54.6 Å². The van der Waals surface area contributed by atoms with Crippen molar-refractivity contribution >= 4 is 5.69 Å². The monoisotopic (exact) mass is 229 g/mol. The molecule has 0 spiro atoms. The molecule has 2 rings (SSSR count). The number of anilines is 1. The zero-order valence-electron chi connectivity index (χ0n) is 10.4. The van der Waals surface area contributed by atoms with Crippen LogP contribution in [0.25, 0.3) is 0 Å². The van der Waals surface area contributed by atoms with Gasteiger partial charge in [0.1, 0.15) is 0 Å². The molecule has 2 aromatic rings. The maximum absolute atomic E-state index is 4.24. The number of benzene rings is 1. The molecule has 0 aliphatic rings. The lowest BCUT2D eigenvalue weighted by Gasteiger charge is -2.12. The largest absolute Gasteiger partial charge is 0.382 e. The van der Waals surface area contributed by atoms with Gasteiger partial charge in [-0.05, 0) is 18.4 Å². The molecule has 1 atom stereocenters.